The summed E-state index contributed by atoms with van der Waals surface area (Å²) >= 11 is 0. The molecule has 0 heterocycles. The van der Waals surface area contributed by atoms with Crippen LogP contribution in [0.4, 0.5) is 0 Å². The Morgan fingerprint density at radius 3 is 2.31 bits per heavy atom. The number of hydrogen-bond donors (Lipinski definition) is 0. The predicted octanol–water partition coefficient (Wildman–Crippen LogP) is 3.71. The molecule has 0 aromatic rings. The van der Waals surface area contributed by atoms with Gasteiger partial charge in [0, 0.05) is 11.5 Å². The molecule has 0 bridgehead atoms. The Morgan fingerprint density at radius 1 is 1.25 bits per heavy atom. The molecule has 0 radical (unpaired) electrons. The van der Waals surface area contributed by atoms with E-state index < -0.39 is 0 Å². The van der Waals surface area contributed by atoms with Gasteiger partial charge in [-0.2, -0.15) is 0 Å². The first-order valence-corrected chi connectivity index (χ1v) is 6.19. The van der Waals surface area contributed by atoms with Crippen molar-refractivity contribution in [1.82, 2.24) is 0 Å². The first-order chi connectivity index (χ1) is 7.32. The van der Waals surface area contributed by atoms with E-state index >= 15 is 0 Å². The van der Waals surface area contributed by atoms with E-state index in [0.717, 1.165) is 12.8 Å². The van der Waals surface area contributed by atoms with Gasteiger partial charge in [-0.05, 0) is 31.6 Å². The summed E-state index contributed by atoms with van der Waals surface area (Å²) in [6.45, 7) is 12.0. The van der Waals surface area contributed by atoms with Gasteiger partial charge in [0.2, 0.25) is 0 Å². The molecule has 0 aromatic carbocycles. The van der Waals surface area contributed by atoms with E-state index in [0.29, 0.717) is 11.5 Å². The molecule has 92 valence electrons. The molecule has 2 unspecified atom stereocenters. The van der Waals surface area contributed by atoms with Crippen LogP contribution in [0.2, 0.25) is 0 Å². The molecule has 2 nitrogen and oxygen atoms in total. The van der Waals surface area contributed by atoms with Crippen LogP contribution in [-0.2, 0) is 9.53 Å². The van der Waals surface area contributed by atoms with Crippen LogP contribution in [-0.4, -0.2) is 12.1 Å². The fourth-order valence-electron chi connectivity index (χ4n) is 2.47. The van der Waals surface area contributed by atoms with Crippen molar-refractivity contribution in [2.24, 2.45) is 11.3 Å². The van der Waals surface area contributed by atoms with Crippen LogP contribution >= 0.6 is 0 Å². The molecule has 1 aliphatic rings. The maximum Gasteiger partial charge on any atom is 0.333 e. The molecule has 1 aliphatic carbocycles. The van der Waals surface area contributed by atoms with Crippen LogP contribution < -0.4 is 0 Å². The third-order valence-corrected chi connectivity index (χ3v) is 3.42. The lowest BCUT2D eigenvalue weighted by atomic mass is 9.70. The smallest absolute Gasteiger partial charge is 0.333 e. The van der Waals surface area contributed by atoms with E-state index in [1.54, 1.807) is 6.92 Å². The molecule has 0 amide bonds. The molecule has 1 fully saturated rings. The predicted molar refractivity (Wildman–Crippen MR) is 66.1 cm³/mol. The minimum atomic E-state index is -0.235. The normalized spacial score (nSPS) is 26.2. The summed E-state index contributed by atoms with van der Waals surface area (Å²) in [6, 6.07) is 0. The van der Waals surface area contributed by atoms with Crippen LogP contribution in [0.5, 0.6) is 0 Å². The summed E-state index contributed by atoms with van der Waals surface area (Å²) in [7, 11) is 0. The lowest BCUT2D eigenvalue weighted by Gasteiger charge is -2.39. The van der Waals surface area contributed by atoms with Gasteiger partial charge in [0.15, 0.2) is 0 Å². The fourth-order valence-corrected chi connectivity index (χ4v) is 2.47. The average Bonchev–Trinajstić information content (AvgIpc) is 2.16. The monoisotopic (exact) mass is 224 g/mol. The van der Waals surface area contributed by atoms with E-state index in [1.807, 2.05) is 0 Å². The maximum absolute atomic E-state index is 11.6. The number of carbonyl (C=O) groups excluding carboxylic acids is 1. The summed E-state index contributed by atoms with van der Waals surface area (Å²) < 4.78 is 5.55. The van der Waals surface area contributed by atoms with Gasteiger partial charge in [-0.3, -0.25) is 0 Å². The van der Waals surface area contributed by atoms with E-state index in [1.165, 1.54) is 12.8 Å². The second kappa shape index (κ2) is 5.03. The molecule has 1 rings (SSSR count). The standard InChI is InChI=1S/C14H24O2/c1-10(2)13(15)16-12-9-7-6-8-11(12)14(3,4)5/h11-12H,1,6-9H2,2-5H3. The van der Waals surface area contributed by atoms with Gasteiger partial charge in [-0.15, -0.1) is 0 Å². The topological polar surface area (TPSA) is 26.3 Å². The van der Waals surface area contributed by atoms with E-state index in [4.69, 9.17) is 4.74 Å². The van der Waals surface area contributed by atoms with E-state index in [9.17, 15) is 4.79 Å². The van der Waals surface area contributed by atoms with Crippen molar-refractivity contribution in [3.8, 4) is 0 Å². The van der Waals surface area contributed by atoms with Crippen molar-refractivity contribution in [2.75, 3.05) is 0 Å². The quantitative estimate of drug-likeness (QED) is 0.528. The number of esters is 1. The Hall–Kier alpha value is -0.790. The molecule has 2 heteroatoms. The highest BCUT2D eigenvalue weighted by atomic mass is 16.5. The van der Waals surface area contributed by atoms with Crippen LogP contribution in [0.3, 0.4) is 0 Å². The first-order valence-electron chi connectivity index (χ1n) is 6.19. The molecule has 1 saturated carbocycles. The zero-order chi connectivity index (χ0) is 12.3. The Kier molecular flexibility index (Phi) is 4.17. The van der Waals surface area contributed by atoms with Gasteiger partial charge in [0.1, 0.15) is 6.10 Å². The molecule has 0 aromatic heterocycles. The maximum atomic E-state index is 11.6. The lowest BCUT2D eigenvalue weighted by molar-refractivity contribution is -0.151. The third kappa shape index (κ3) is 3.36. The molecule has 0 saturated heterocycles. The highest BCUT2D eigenvalue weighted by Crippen LogP contribution is 2.39. The number of ether oxygens (including phenoxy) is 1. The SMILES string of the molecule is C=C(C)C(=O)OC1CCCCC1C(C)(C)C. The second-order valence-corrected chi connectivity index (χ2v) is 5.98. The second-order valence-electron chi connectivity index (χ2n) is 5.98. The molecule has 0 aliphatic heterocycles. The molecule has 0 spiro atoms. The first kappa shape index (κ1) is 13.3. The van der Waals surface area contributed by atoms with Gasteiger partial charge in [0.25, 0.3) is 0 Å². The molecule has 16 heavy (non-hydrogen) atoms. The largest absolute Gasteiger partial charge is 0.459 e. The van der Waals surface area contributed by atoms with E-state index in [2.05, 4.69) is 27.4 Å². The van der Waals surface area contributed by atoms with Crippen molar-refractivity contribution in [2.45, 2.75) is 59.5 Å². The van der Waals surface area contributed by atoms with Crippen molar-refractivity contribution in [3.63, 3.8) is 0 Å². The van der Waals surface area contributed by atoms with Crippen LogP contribution in [0.15, 0.2) is 12.2 Å². The minimum Gasteiger partial charge on any atom is -0.459 e. The summed E-state index contributed by atoms with van der Waals surface area (Å²) in [5, 5.41) is 0. The summed E-state index contributed by atoms with van der Waals surface area (Å²) in [6.07, 6.45) is 4.67. The fraction of sp³-hybridized carbons (Fsp3) is 0.786. The Bertz CT molecular complexity index is 273. The summed E-state index contributed by atoms with van der Waals surface area (Å²) in [5.41, 5.74) is 0.707. The van der Waals surface area contributed by atoms with Gasteiger partial charge < -0.3 is 4.74 Å². The number of carbonyl (C=O) groups is 1. The molecular weight excluding hydrogens is 200 g/mol. The van der Waals surface area contributed by atoms with Crippen molar-refractivity contribution >= 4 is 5.97 Å². The van der Waals surface area contributed by atoms with Crippen molar-refractivity contribution in [1.29, 1.82) is 0 Å². The Labute approximate surface area is 99.1 Å². The van der Waals surface area contributed by atoms with Gasteiger partial charge >= 0.3 is 5.97 Å². The average molecular weight is 224 g/mol. The minimum absolute atomic E-state index is 0.0814. The summed E-state index contributed by atoms with van der Waals surface area (Å²) in [4.78, 5) is 11.6. The van der Waals surface area contributed by atoms with Crippen LogP contribution in [0, 0.1) is 11.3 Å². The number of rotatable bonds is 2. The van der Waals surface area contributed by atoms with Gasteiger partial charge in [-0.25, -0.2) is 4.79 Å². The van der Waals surface area contributed by atoms with Crippen LogP contribution in [0.25, 0.3) is 0 Å². The number of hydrogen-bond acceptors (Lipinski definition) is 2. The molecule has 2 atom stereocenters. The van der Waals surface area contributed by atoms with Gasteiger partial charge in [0.05, 0.1) is 0 Å². The Balaban J connectivity index is 2.68. The zero-order valence-electron chi connectivity index (χ0n) is 11.0. The highest BCUT2D eigenvalue weighted by Gasteiger charge is 2.36. The molecule has 0 N–H and O–H groups in total. The third-order valence-electron chi connectivity index (χ3n) is 3.42. The van der Waals surface area contributed by atoms with Crippen LogP contribution in [0.1, 0.15) is 53.4 Å². The summed E-state index contributed by atoms with van der Waals surface area (Å²) in [5.74, 6) is 0.241. The lowest BCUT2D eigenvalue weighted by Crippen LogP contribution is -2.38. The van der Waals surface area contributed by atoms with Crippen molar-refractivity contribution < 1.29 is 9.53 Å². The Morgan fingerprint density at radius 2 is 1.81 bits per heavy atom. The zero-order valence-corrected chi connectivity index (χ0v) is 11.0. The molecular formula is C14H24O2. The van der Waals surface area contributed by atoms with E-state index in [-0.39, 0.29) is 17.5 Å². The van der Waals surface area contributed by atoms with Gasteiger partial charge in [-0.1, -0.05) is 33.8 Å². The van der Waals surface area contributed by atoms with Crippen molar-refractivity contribution in [3.05, 3.63) is 12.2 Å². The highest BCUT2D eigenvalue weighted by molar-refractivity contribution is 5.87.